The van der Waals surface area contributed by atoms with Gasteiger partial charge in [0.25, 0.3) is 11.5 Å². The summed E-state index contributed by atoms with van der Waals surface area (Å²) < 4.78 is 3.12. The third-order valence-corrected chi connectivity index (χ3v) is 5.03. The number of benzene rings is 1. The molecule has 3 heterocycles. The van der Waals surface area contributed by atoms with Gasteiger partial charge in [-0.15, -0.1) is 0 Å². The largest absolute Gasteiger partial charge is 0.348 e. The summed E-state index contributed by atoms with van der Waals surface area (Å²) in [6.07, 6.45) is 7.06. The number of rotatable bonds is 7. The van der Waals surface area contributed by atoms with Crippen molar-refractivity contribution in [3.8, 4) is 5.82 Å². The number of hydrogen-bond acceptors (Lipinski definition) is 5. The predicted molar refractivity (Wildman–Crippen MR) is 116 cm³/mol. The van der Waals surface area contributed by atoms with Crippen molar-refractivity contribution in [1.82, 2.24) is 29.6 Å². The van der Waals surface area contributed by atoms with Crippen LogP contribution in [0, 0.1) is 6.92 Å². The Labute approximate surface area is 179 Å². The van der Waals surface area contributed by atoms with Crippen molar-refractivity contribution >= 4 is 5.91 Å². The average Bonchev–Trinajstić information content (AvgIpc) is 3.33. The summed E-state index contributed by atoms with van der Waals surface area (Å²) in [5.41, 5.74) is 2.40. The number of aromatic nitrogens is 5. The van der Waals surface area contributed by atoms with Crippen LogP contribution in [0.3, 0.4) is 0 Å². The standard InChI is InChI=1S/C23H22N6O2/c1-17-9-12-28(13-10-18-6-3-2-4-7-18)23(31)20(17)22(30)26-14-19-8-5-11-25-21(19)29-16-24-15-27-29/h2-9,11-12,15-16H,10,13-14H2,1H3,(H,26,30). The Kier molecular flexibility index (Phi) is 5.98. The van der Waals surface area contributed by atoms with Gasteiger partial charge >= 0.3 is 0 Å². The normalized spacial score (nSPS) is 10.7. The Balaban J connectivity index is 1.51. The van der Waals surface area contributed by atoms with Crippen LogP contribution in [0.4, 0.5) is 0 Å². The Bertz CT molecular complexity index is 1230. The molecule has 1 N–H and O–H groups in total. The summed E-state index contributed by atoms with van der Waals surface area (Å²) in [6, 6.07) is 15.4. The van der Waals surface area contributed by atoms with Crippen molar-refractivity contribution < 1.29 is 4.79 Å². The summed E-state index contributed by atoms with van der Waals surface area (Å²) in [5.74, 6) is 0.162. The minimum Gasteiger partial charge on any atom is -0.348 e. The van der Waals surface area contributed by atoms with Crippen LogP contribution in [0.25, 0.3) is 5.82 Å². The summed E-state index contributed by atoms with van der Waals surface area (Å²) in [5, 5.41) is 6.94. The van der Waals surface area contributed by atoms with E-state index in [1.165, 1.54) is 11.0 Å². The smallest absolute Gasteiger partial charge is 0.263 e. The van der Waals surface area contributed by atoms with Crippen LogP contribution in [0.1, 0.15) is 27.0 Å². The molecule has 0 radical (unpaired) electrons. The highest BCUT2D eigenvalue weighted by atomic mass is 16.2. The molecule has 0 saturated carbocycles. The van der Waals surface area contributed by atoms with Crippen molar-refractivity contribution in [2.45, 2.75) is 26.4 Å². The molecule has 1 amide bonds. The molecule has 0 aliphatic rings. The zero-order valence-corrected chi connectivity index (χ0v) is 17.1. The molecule has 0 saturated heterocycles. The Morgan fingerprint density at radius 3 is 2.71 bits per heavy atom. The summed E-state index contributed by atoms with van der Waals surface area (Å²) in [7, 11) is 0. The van der Waals surface area contributed by atoms with Crippen LogP contribution in [0.15, 0.2) is 78.4 Å². The van der Waals surface area contributed by atoms with Crippen LogP contribution in [0.2, 0.25) is 0 Å². The zero-order chi connectivity index (χ0) is 21.6. The van der Waals surface area contributed by atoms with Crippen molar-refractivity contribution in [3.63, 3.8) is 0 Å². The monoisotopic (exact) mass is 414 g/mol. The van der Waals surface area contributed by atoms with E-state index in [0.29, 0.717) is 24.3 Å². The topological polar surface area (TPSA) is 94.7 Å². The number of aryl methyl sites for hydroxylation is 3. The van der Waals surface area contributed by atoms with E-state index in [4.69, 9.17) is 0 Å². The fourth-order valence-electron chi connectivity index (χ4n) is 3.37. The first-order valence-electron chi connectivity index (χ1n) is 9.94. The number of nitrogens with one attached hydrogen (secondary N) is 1. The van der Waals surface area contributed by atoms with Gasteiger partial charge < -0.3 is 9.88 Å². The lowest BCUT2D eigenvalue weighted by Gasteiger charge is -2.12. The van der Waals surface area contributed by atoms with Gasteiger partial charge in [0.05, 0.1) is 0 Å². The molecule has 8 nitrogen and oxygen atoms in total. The van der Waals surface area contributed by atoms with Crippen LogP contribution in [0.5, 0.6) is 0 Å². The summed E-state index contributed by atoms with van der Waals surface area (Å²) in [4.78, 5) is 34.1. The van der Waals surface area contributed by atoms with Gasteiger partial charge in [-0.05, 0) is 36.6 Å². The molecule has 0 fully saturated rings. The molecule has 0 aliphatic carbocycles. The second kappa shape index (κ2) is 9.17. The van der Waals surface area contributed by atoms with Crippen molar-refractivity contribution in [2.24, 2.45) is 0 Å². The van der Waals surface area contributed by atoms with E-state index in [-0.39, 0.29) is 17.7 Å². The molecule has 0 unspecified atom stereocenters. The van der Waals surface area contributed by atoms with E-state index in [0.717, 1.165) is 11.1 Å². The number of carbonyl (C=O) groups excluding carboxylic acids is 1. The fourth-order valence-corrected chi connectivity index (χ4v) is 3.37. The second-order valence-electron chi connectivity index (χ2n) is 7.12. The minimum atomic E-state index is -0.412. The van der Waals surface area contributed by atoms with Crippen molar-refractivity contribution in [1.29, 1.82) is 0 Å². The van der Waals surface area contributed by atoms with Gasteiger partial charge in [0, 0.05) is 31.0 Å². The molecule has 1 aromatic carbocycles. The third kappa shape index (κ3) is 4.58. The molecule has 0 bridgehead atoms. The summed E-state index contributed by atoms with van der Waals surface area (Å²) in [6.45, 7) is 2.48. The average molecular weight is 414 g/mol. The van der Waals surface area contributed by atoms with E-state index in [1.54, 1.807) is 42.3 Å². The summed E-state index contributed by atoms with van der Waals surface area (Å²) >= 11 is 0. The molecular weight excluding hydrogens is 392 g/mol. The number of nitrogens with zero attached hydrogens (tertiary/aromatic N) is 5. The lowest BCUT2D eigenvalue weighted by Crippen LogP contribution is -2.34. The van der Waals surface area contributed by atoms with Gasteiger partial charge in [0.15, 0.2) is 5.82 Å². The Hall–Kier alpha value is -4.07. The van der Waals surface area contributed by atoms with E-state index in [1.807, 2.05) is 36.4 Å². The second-order valence-corrected chi connectivity index (χ2v) is 7.12. The lowest BCUT2D eigenvalue weighted by atomic mass is 10.1. The Morgan fingerprint density at radius 1 is 1.10 bits per heavy atom. The molecule has 0 aliphatic heterocycles. The Morgan fingerprint density at radius 2 is 1.94 bits per heavy atom. The highest BCUT2D eigenvalue weighted by molar-refractivity contribution is 5.95. The van der Waals surface area contributed by atoms with Gasteiger partial charge in [-0.1, -0.05) is 36.4 Å². The van der Waals surface area contributed by atoms with Crippen molar-refractivity contribution in [3.05, 3.63) is 106 Å². The van der Waals surface area contributed by atoms with E-state index in [2.05, 4.69) is 20.4 Å². The van der Waals surface area contributed by atoms with Crippen molar-refractivity contribution in [2.75, 3.05) is 0 Å². The third-order valence-electron chi connectivity index (χ3n) is 5.03. The van der Waals surface area contributed by atoms with Gasteiger partial charge in [0.2, 0.25) is 0 Å². The molecule has 31 heavy (non-hydrogen) atoms. The first kappa shape index (κ1) is 20.2. The maximum Gasteiger partial charge on any atom is 0.263 e. The fraction of sp³-hybridized carbons (Fsp3) is 0.174. The lowest BCUT2D eigenvalue weighted by molar-refractivity contribution is 0.0948. The zero-order valence-electron chi connectivity index (χ0n) is 17.1. The van der Waals surface area contributed by atoms with Gasteiger partial charge in [-0.2, -0.15) is 5.10 Å². The van der Waals surface area contributed by atoms with Crippen LogP contribution in [-0.2, 0) is 19.5 Å². The predicted octanol–water partition coefficient (Wildman–Crippen LogP) is 2.31. The van der Waals surface area contributed by atoms with E-state index >= 15 is 0 Å². The molecule has 4 aromatic rings. The SMILES string of the molecule is Cc1ccn(CCc2ccccc2)c(=O)c1C(=O)NCc1cccnc1-n1cncn1. The highest BCUT2D eigenvalue weighted by Gasteiger charge is 2.16. The first-order chi connectivity index (χ1) is 15.1. The maximum absolute atomic E-state index is 13.0. The quantitative estimate of drug-likeness (QED) is 0.501. The molecular formula is C23H22N6O2. The number of amides is 1. The molecule has 0 atom stereocenters. The van der Waals surface area contributed by atoms with E-state index < -0.39 is 5.91 Å². The molecule has 156 valence electrons. The van der Waals surface area contributed by atoms with Gasteiger partial charge in [0.1, 0.15) is 18.2 Å². The van der Waals surface area contributed by atoms with Crippen LogP contribution < -0.4 is 10.9 Å². The van der Waals surface area contributed by atoms with Crippen LogP contribution in [-0.4, -0.2) is 30.2 Å². The minimum absolute atomic E-state index is 0.154. The molecule has 0 spiro atoms. The first-order valence-corrected chi connectivity index (χ1v) is 9.94. The van der Waals surface area contributed by atoms with Crippen LogP contribution >= 0.6 is 0 Å². The number of pyridine rings is 2. The molecule has 8 heteroatoms. The molecule has 3 aromatic heterocycles. The van der Waals surface area contributed by atoms with Gasteiger partial charge in [-0.25, -0.2) is 14.6 Å². The number of carbonyl (C=O) groups is 1. The maximum atomic E-state index is 13.0. The highest BCUT2D eigenvalue weighted by Crippen LogP contribution is 2.10. The molecule has 4 rings (SSSR count). The van der Waals surface area contributed by atoms with Gasteiger partial charge in [-0.3, -0.25) is 9.59 Å². The van der Waals surface area contributed by atoms with E-state index in [9.17, 15) is 9.59 Å². The number of hydrogen-bond donors (Lipinski definition) is 1.